The first-order valence-corrected chi connectivity index (χ1v) is 7.00. The van der Waals surface area contributed by atoms with Crippen LogP contribution in [0, 0.1) is 5.92 Å². The molecule has 0 radical (unpaired) electrons. The third kappa shape index (κ3) is 4.58. The van der Waals surface area contributed by atoms with E-state index in [1.807, 2.05) is 12.1 Å². The van der Waals surface area contributed by atoms with Gasteiger partial charge in [-0.25, -0.2) is 0 Å². The molecule has 0 amide bonds. The number of carbonyl (C=O) groups excluding carboxylic acids is 1. The van der Waals surface area contributed by atoms with Gasteiger partial charge in [0.2, 0.25) is 0 Å². The molecule has 88 valence electrons. The van der Waals surface area contributed by atoms with E-state index in [2.05, 4.69) is 13.8 Å². The summed E-state index contributed by atoms with van der Waals surface area (Å²) < 4.78 is 0. The SMILES string of the molecule is CC(C)CCSCC(=O)c1ccccc1Cl. The Balaban J connectivity index is 2.39. The summed E-state index contributed by atoms with van der Waals surface area (Å²) in [4.78, 5) is 11.8. The van der Waals surface area contributed by atoms with Crippen LogP contribution in [0.25, 0.3) is 0 Å². The average Bonchev–Trinajstić information content (AvgIpc) is 2.24. The highest BCUT2D eigenvalue weighted by atomic mass is 35.5. The lowest BCUT2D eigenvalue weighted by Gasteiger charge is -2.05. The minimum Gasteiger partial charge on any atom is -0.293 e. The van der Waals surface area contributed by atoms with Crippen LogP contribution in [-0.2, 0) is 0 Å². The minimum atomic E-state index is 0.124. The van der Waals surface area contributed by atoms with Gasteiger partial charge in [-0.05, 0) is 30.2 Å². The van der Waals surface area contributed by atoms with Crippen LogP contribution in [0.15, 0.2) is 24.3 Å². The van der Waals surface area contributed by atoms with E-state index in [0.29, 0.717) is 22.3 Å². The zero-order chi connectivity index (χ0) is 12.0. The highest BCUT2D eigenvalue weighted by Gasteiger charge is 2.09. The number of halogens is 1. The fourth-order valence-corrected chi connectivity index (χ4v) is 2.61. The molecule has 0 unspecified atom stereocenters. The molecule has 3 heteroatoms. The molecule has 1 aromatic carbocycles. The van der Waals surface area contributed by atoms with Gasteiger partial charge in [-0.1, -0.05) is 37.6 Å². The van der Waals surface area contributed by atoms with Crippen molar-refractivity contribution in [1.29, 1.82) is 0 Å². The van der Waals surface area contributed by atoms with E-state index in [0.717, 1.165) is 12.2 Å². The lowest BCUT2D eigenvalue weighted by Crippen LogP contribution is -2.04. The summed E-state index contributed by atoms with van der Waals surface area (Å²) in [5, 5.41) is 0.553. The van der Waals surface area contributed by atoms with E-state index in [4.69, 9.17) is 11.6 Å². The highest BCUT2D eigenvalue weighted by molar-refractivity contribution is 7.99. The van der Waals surface area contributed by atoms with Crippen LogP contribution in [0.3, 0.4) is 0 Å². The zero-order valence-corrected chi connectivity index (χ0v) is 11.3. The van der Waals surface area contributed by atoms with E-state index < -0.39 is 0 Å². The fraction of sp³-hybridized carbons (Fsp3) is 0.462. The predicted octanol–water partition coefficient (Wildman–Crippen LogP) is 4.30. The molecule has 0 saturated carbocycles. The molecule has 16 heavy (non-hydrogen) atoms. The van der Waals surface area contributed by atoms with Crippen LogP contribution in [0.5, 0.6) is 0 Å². The third-order valence-electron chi connectivity index (χ3n) is 2.25. The van der Waals surface area contributed by atoms with E-state index in [1.165, 1.54) is 0 Å². The van der Waals surface area contributed by atoms with Crippen molar-refractivity contribution in [3.05, 3.63) is 34.9 Å². The van der Waals surface area contributed by atoms with Gasteiger partial charge in [0.1, 0.15) is 0 Å². The fourth-order valence-electron chi connectivity index (χ4n) is 1.25. The smallest absolute Gasteiger partial charge is 0.174 e. The number of rotatable bonds is 6. The van der Waals surface area contributed by atoms with Gasteiger partial charge >= 0.3 is 0 Å². The van der Waals surface area contributed by atoms with Crippen molar-refractivity contribution in [2.24, 2.45) is 5.92 Å². The Morgan fingerprint density at radius 2 is 2.06 bits per heavy atom. The van der Waals surface area contributed by atoms with E-state index in [1.54, 1.807) is 23.9 Å². The van der Waals surface area contributed by atoms with Gasteiger partial charge in [0.25, 0.3) is 0 Å². The average molecular weight is 257 g/mol. The Morgan fingerprint density at radius 1 is 1.38 bits per heavy atom. The Morgan fingerprint density at radius 3 is 2.69 bits per heavy atom. The summed E-state index contributed by atoms with van der Waals surface area (Å²) in [5.74, 6) is 2.38. The molecule has 0 aliphatic heterocycles. The number of benzene rings is 1. The number of hydrogen-bond donors (Lipinski definition) is 0. The topological polar surface area (TPSA) is 17.1 Å². The Hall–Kier alpha value is -0.470. The first-order chi connectivity index (χ1) is 7.61. The molecule has 0 atom stereocenters. The van der Waals surface area contributed by atoms with Crippen molar-refractivity contribution >= 4 is 29.1 Å². The highest BCUT2D eigenvalue weighted by Crippen LogP contribution is 2.18. The largest absolute Gasteiger partial charge is 0.293 e. The van der Waals surface area contributed by atoms with Crippen LogP contribution in [0.2, 0.25) is 5.02 Å². The van der Waals surface area contributed by atoms with Crippen molar-refractivity contribution < 1.29 is 4.79 Å². The number of carbonyl (C=O) groups is 1. The van der Waals surface area contributed by atoms with Gasteiger partial charge in [-0.3, -0.25) is 4.79 Å². The molecule has 1 aromatic rings. The first kappa shape index (κ1) is 13.6. The first-order valence-electron chi connectivity index (χ1n) is 5.46. The maximum absolute atomic E-state index is 11.8. The molecule has 1 rings (SSSR count). The summed E-state index contributed by atoms with van der Waals surface area (Å²) >= 11 is 7.64. The second-order valence-corrected chi connectivity index (χ2v) is 5.65. The van der Waals surface area contributed by atoms with Crippen molar-refractivity contribution in [2.45, 2.75) is 20.3 Å². The van der Waals surface area contributed by atoms with Gasteiger partial charge in [0.05, 0.1) is 10.8 Å². The molecule has 0 N–H and O–H groups in total. The monoisotopic (exact) mass is 256 g/mol. The second kappa shape index (κ2) is 6.97. The van der Waals surface area contributed by atoms with Crippen molar-refractivity contribution in [3.8, 4) is 0 Å². The number of hydrogen-bond acceptors (Lipinski definition) is 2. The maximum Gasteiger partial charge on any atom is 0.174 e. The summed E-state index contributed by atoms with van der Waals surface area (Å²) in [6.45, 7) is 4.38. The lowest BCUT2D eigenvalue weighted by atomic mass is 10.1. The van der Waals surface area contributed by atoms with Gasteiger partial charge in [0.15, 0.2) is 5.78 Å². The van der Waals surface area contributed by atoms with Crippen molar-refractivity contribution in [3.63, 3.8) is 0 Å². The Labute approximate surface area is 107 Å². The third-order valence-corrected chi connectivity index (χ3v) is 3.57. The van der Waals surface area contributed by atoms with E-state index in [-0.39, 0.29) is 5.78 Å². The molecule has 0 spiro atoms. The van der Waals surface area contributed by atoms with Crippen molar-refractivity contribution in [1.82, 2.24) is 0 Å². The summed E-state index contributed by atoms with van der Waals surface area (Å²) in [6, 6.07) is 7.23. The normalized spacial score (nSPS) is 10.8. The molecule has 0 fully saturated rings. The van der Waals surface area contributed by atoms with Crippen LogP contribution in [-0.4, -0.2) is 17.3 Å². The van der Waals surface area contributed by atoms with Gasteiger partial charge in [-0.2, -0.15) is 11.8 Å². The molecule has 1 nitrogen and oxygen atoms in total. The molecule has 0 saturated heterocycles. The van der Waals surface area contributed by atoms with Crippen LogP contribution >= 0.6 is 23.4 Å². The van der Waals surface area contributed by atoms with Crippen LogP contribution in [0.1, 0.15) is 30.6 Å². The molecule has 0 heterocycles. The predicted molar refractivity (Wildman–Crippen MR) is 72.6 cm³/mol. The molecule has 0 bridgehead atoms. The minimum absolute atomic E-state index is 0.124. The molecule has 0 aromatic heterocycles. The van der Waals surface area contributed by atoms with Crippen LogP contribution in [0.4, 0.5) is 0 Å². The van der Waals surface area contributed by atoms with Crippen molar-refractivity contribution in [2.75, 3.05) is 11.5 Å². The molecule has 0 aliphatic carbocycles. The standard InChI is InChI=1S/C13H17ClOS/c1-10(2)7-8-16-9-13(15)11-5-3-4-6-12(11)14/h3-6,10H,7-9H2,1-2H3. The Kier molecular flexibility index (Phi) is 5.93. The summed E-state index contributed by atoms with van der Waals surface area (Å²) in [5.41, 5.74) is 0.640. The molecule has 0 aliphatic rings. The summed E-state index contributed by atoms with van der Waals surface area (Å²) in [7, 11) is 0. The van der Waals surface area contributed by atoms with Crippen LogP contribution < -0.4 is 0 Å². The molecular formula is C13H17ClOS. The molecular weight excluding hydrogens is 240 g/mol. The lowest BCUT2D eigenvalue weighted by molar-refractivity contribution is 0.102. The summed E-state index contributed by atoms with van der Waals surface area (Å²) in [6.07, 6.45) is 1.15. The zero-order valence-electron chi connectivity index (χ0n) is 9.70. The van der Waals surface area contributed by atoms with Gasteiger partial charge in [-0.15, -0.1) is 0 Å². The van der Waals surface area contributed by atoms with E-state index in [9.17, 15) is 4.79 Å². The van der Waals surface area contributed by atoms with Gasteiger partial charge < -0.3 is 0 Å². The number of Topliss-reactive ketones (excluding diaryl/α,β-unsaturated/α-hetero) is 1. The maximum atomic E-state index is 11.8. The second-order valence-electron chi connectivity index (χ2n) is 4.14. The Bertz CT molecular complexity index is 350. The van der Waals surface area contributed by atoms with E-state index >= 15 is 0 Å². The number of ketones is 1. The number of thioether (sulfide) groups is 1. The quantitative estimate of drug-likeness (QED) is 0.558. The van der Waals surface area contributed by atoms with Gasteiger partial charge in [0, 0.05) is 5.56 Å².